The molecule has 8 heteroatoms. The first-order chi connectivity index (χ1) is 16.2. The molecule has 1 N–H and O–H groups in total. The van der Waals surface area contributed by atoms with Crippen LogP contribution in [-0.4, -0.2) is 41.3 Å². The van der Waals surface area contributed by atoms with Gasteiger partial charge in [-0.1, -0.05) is 13.8 Å². The molecule has 3 aromatic rings. The molecule has 182 valence electrons. The SMILES string of the molecule is COc1cc(OC)c(NC(=O)c2ccc(Oc3cc(C(C)C)c(N(C)C)cc3C)o2)c(OC)c1. The van der Waals surface area contributed by atoms with E-state index in [4.69, 9.17) is 23.4 Å². The number of aryl methyl sites for hydroxylation is 1. The summed E-state index contributed by atoms with van der Waals surface area (Å²) in [5.74, 6) is 2.14. The third kappa shape index (κ3) is 5.22. The van der Waals surface area contributed by atoms with Gasteiger partial charge in [0.2, 0.25) is 0 Å². The zero-order valence-corrected chi connectivity index (χ0v) is 20.9. The lowest BCUT2D eigenvalue weighted by Gasteiger charge is -2.22. The Labute approximate surface area is 200 Å². The molecule has 8 nitrogen and oxygen atoms in total. The molecule has 0 saturated carbocycles. The van der Waals surface area contributed by atoms with Crippen molar-refractivity contribution >= 4 is 17.3 Å². The molecule has 1 heterocycles. The summed E-state index contributed by atoms with van der Waals surface area (Å²) >= 11 is 0. The van der Waals surface area contributed by atoms with Gasteiger partial charge in [-0.05, 0) is 42.2 Å². The van der Waals surface area contributed by atoms with Crippen LogP contribution in [-0.2, 0) is 0 Å². The number of nitrogens with one attached hydrogen (secondary N) is 1. The van der Waals surface area contributed by atoms with Gasteiger partial charge in [-0.3, -0.25) is 4.79 Å². The van der Waals surface area contributed by atoms with Crippen molar-refractivity contribution in [2.24, 2.45) is 0 Å². The molecular weight excluding hydrogens is 436 g/mol. The maximum atomic E-state index is 12.9. The predicted molar refractivity (Wildman–Crippen MR) is 132 cm³/mol. The van der Waals surface area contributed by atoms with E-state index in [-0.39, 0.29) is 11.7 Å². The van der Waals surface area contributed by atoms with Gasteiger partial charge in [0.05, 0.1) is 21.3 Å². The Bertz CT molecular complexity index is 1140. The fourth-order valence-corrected chi connectivity index (χ4v) is 3.56. The van der Waals surface area contributed by atoms with Crippen LogP contribution in [0.2, 0.25) is 0 Å². The number of rotatable bonds is 9. The number of hydrogen-bond donors (Lipinski definition) is 1. The highest BCUT2D eigenvalue weighted by molar-refractivity contribution is 6.04. The van der Waals surface area contributed by atoms with E-state index < -0.39 is 5.91 Å². The minimum absolute atomic E-state index is 0.0848. The Hall–Kier alpha value is -3.81. The molecule has 1 amide bonds. The molecule has 0 unspecified atom stereocenters. The highest BCUT2D eigenvalue weighted by Crippen LogP contribution is 2.40. The summed E-state index contributed by atoms with van der Waals surface area (Å²) < 4.78 is 27.7. The number of carbonyl (C=O) groups is 1. The minimum Gasteiger partial charge on any atom is -0.496 e. The summed E-state index contributed by atoms with van der Waals surface area (Å²) in [7, 11) is 8.57. The lowest BCUT2D eigenvalue weighted by atomic mass is 9.98. The van der Waals surface area contributed by atoms with E-state index in [0.717, 1.165) is 16.8 Å². The molecule has 0 aliphatic rings. The van der Waals surface area contributed by atoms with Gasteiger partial charge >= 0.3 is 0 Å². The smallest absolute Gasteiger partial charge is 0.291 e. The second kappa shape index (κ2) is 10.4. The highest BCUT2D eigenvalue weighted by Gasteiger charge is 2.20. The Kier molecular flexibility index (Phi) is 7.61. The molecule has 34 heavy (non-hydrogen) atoms. The Balaban J connectivity index is 1.84. The van der Waals surface area contributed by atoms with E-state index >= 15 is 0 Å². The number of ether oxygens (including phenoxy) is 4. The molecule has 1 aromatic heterocycles. The largest absolute Gasteiger partial charge is 0.496 e. The van der Waals surface area contributed by atoms with Gasteiger partial charge < -0.3 is 33.6 Å². The number of benzene rings is 2. The monoisotopic (exact) mass is 468 g/mol. The van der Waals surface area contributed by atoms with Crippen molar-refractivity contribution in [1.82, 2.24) is 0 Å². The fourth-order valence-electron chi connectivity index (χ4n) is 3.56. The summed E-state index contributed by atoms with van der Waals surface area (Å²) in [6.07, 6.45) is 0. The number of anilines is 2. The van der Waals surface area contributed by atoms with Crippen molar-refractivity contribution in [3.05, 3.63) is 53.3 Å². The Morgan fingerprint density at radius 3 is 2.12 bits per heavy atom. The van der Waals surface area contributed by atoms with E-state index in [2.05, 4.69) is 30.1 Å². The van der Waals surface area contributed by atoms with Crippen molar-refractivity contribution in [3.63, 3.8) is 0 Å². The minimum atomic E-state index is -0.473. The molecule has 0 aliphatic heterocycles. The van der Waals surface area contributed by atoms with E-state index in [1.807, 2.05) is 27.1 Å². The van der Waals surface area contributed by atoms with Gasteiger partial charge in [-0.2, -0.15) is 0 Å². The average molecular weight is 469 g/mol. The zero-order chi connectivity index (χ0) is 25.0. The van der Waals surface area contributed by atoms with Gasteiger partial charge in [0.15, 0.2) is 5.76 Å². The number of hydrogen-bond acceptors (Lipinski definition) is 7. The first kappa shape index (κ1) is 24.8. The lowest BCUT2D eigenvalue weighted by molar-refractivity contribution is 0.0991. The van der Waals surface area contributed by atoms with Crippen LogP contribution in [0.1, 0.15) is 41.4 Å². The van der Waals surface area contributed by atoms with Crippen LogP contribution >= 0.6 is 0 Å². The van der Waals surface area contributed by atoms with Crippen LogP contribution < -0.4 is 29.2 Å². The summed E-state index contributed by atoms with van der Waals surface area (Å²) in [5, 5.41) is 2.78. The molecule has 0 saturated heterocycles. The summed E-state index contributed by atoms with van der Waals surface area (Å²) in [5.41, 5.74) is 3.63. The molecule has 0 radical (unpaired) electrons. The number of furan rings is 1. The van der Waals surface area contributed by atoms with Crippen LogP contribution in [0.15, 0.2) is 40.8 Å². The summed E-state index contributed by atoms with van der Waals surface area (Å²) in [6, 6.07) is 10.6. The predicted octanol–water partition coefficient (Wildman–Crippen LogP) is 5.85. The molecular formula is C26H32N2O6. The second-order valence-corrected chi connectivity index (χ2v) is 8.31. The van der Waals surface area contributed by atoms with E-state index in [1.54, 1.807) is 24.3 Å². The molecule has 0 atom stereocenters. The Morgan fingerprint density at radius 1 is 0.941 bits per heavy atom. The topological polar surface area (TPSA) is 82.4 Å². The summed E-state index contributed by atoms with van der Waals surface area (Å²) in [6.45, 7) is 6.25. The van der Waals surface area contributed by atoms with Gasteiger partial charge in [0, 0.05) is 38.0 Å². The van der Waals surface area contributed by atoms with Crippen LogP contribution in [0.25, 0.3) is 0 Å². The maximum absolute atomic E-state index is 12.9. The van der Waals surface area contributed by atoms with Crippen molar-refractivity contribution in [2.75, 3.05) is 45.6 Å². The van der Waals surface area contributed by atoms with E-state index in [0.29, 0.717) is 34.6 Å². The third-order valence-electron chi connectivity index (χ3n) is 5.40. The molecule has 0 aliphatic carbocycles. The standard InChI is InChI=1S/C26H32N2O6/c1-15(2)18-14-21(16(3)11-19(18)28(4)5)34-24-10-9-20(33-24)26(29)27-25-22(31-7)12-17(30-6)13-23(25)32-8/h9-15H,1-8H3,(H,27,29). The quantitative estimate of drug-likeness (QED) is 0.422. The van der Waals surface area contributed by atoms with Gasteiger partial charge in [0.25, 0.3) is 11.9 Å². The van der Waals surface area contributed by atoms with Crippen LogP contribution in [0.4, 0.5) is 11.4 Å². The van der Waals surface area contributed by atoms with Crippen molar-refractivity contribution < 1.29 is 28.2 Å². The fraction of sp³-hybridized carbons (Fsp3) is 0.346. The average Bonchev–Trinajstić information content (AvgIpc) is 3.28. The third-order valence-corrected chi connectivity index (χ3v) is 5.40. The molecule has 0 bridgehead atoms. The normalized spacial score (nSPS) is 10.7. The Morgan fingerprint density at radius 2 is 1.59 bits per heavy atom. The van der Waals surface area contributed by atoms with Crippen LogP contribution in [0.5, 0.6) is 28.9 Å². The number of carbonyl (C=O) groups excluding carboxylic acids is 1. The van der Waals surface area contributed by atoms with Crippen molar-refractivity contribution in [1.29, 1.82) is 0 Å². The number of methoxy groups -OCH3 is 3. The van der Waals surface area contributed by atoms with E-state index in [1.165, 1.54) is 21.3 Å². The van der Waals surface area contributed by atoms with Gasteiger partial charge in [-0.15, -0.1) is 0 Å². The van der Waals surface area contributed by atoms with E-state index in [9.17, 15) is 4.79 Å². The first-order valence-electron chi connectivity index (χ1n) is 10.9. The molecule has 3 rings (SSSR count). The molecule has 0 fully saturated rings. The molecule has 2 aromatic carbocycles. The van der Waals surface area contributed by atoms with Gasteiger partial charge in [0.1, 0.15) is 28.7 Å². The summed E-state index contributed by atoms with van der Waals surface area (Å²) in [4.78, 5) is 15.0. The number of amides is 1. The van der Waals surface area contributed by atoms with Crippen LogP contribution in [0.3, 0.4) is 0 Å². The lowest BCUT2D eigenvalue weighted by Crippen LogP contribution is -2.13. The number of nitrogens with zero attached hydrogens (tertiary/aromatic N) is 1. The maximum Gasteiger partial charge on any atom is 0.291 e. The van der Waals surface area contributed by atoms with Gasteiger partial charge in [-0.25, -0.2) is 0 Å². The van der Waals surface area contributed by atoms with Crippen molar-refractivity contribution in [2.45, 2.75) is 26.7 Å². The van der Waals surface area contributed by atoms with Crippen molar-refractivity contribution in [3.8, 4) is 28.9 Å². The first-order valence-corrected chi connectivity index (χ1v) is 10.9. The zero-order valence-electron chi connectivity index (χ0n) is 20.9. The second-order valence-electron chi connectivity index (χ2n) is 8.31. The van der Waals surface area contributed by atoms with Crippen LogP contribution in [0, 0.1) is 6.92 Å². The molecule has 0 spiro atoms. The highest BCUT2D eigenvalue weighted by atomic mass is 16.6.